The second-order valence-electron chi connectivity index (χ2n) is 4.76. The molecule has 20 heavy (non-hydrogen) atoms. The monoisotopic (exact) mass is 291 g/mol. The number of nitrogens with zero attached hydrogens (tertiary/aromatic N) is 2. The van der Waals surface area contributed by atoms with Crippen LogP contribution in [0.4, 0.5) is 24.5 Å². The van der Waals surface area contributed by atoms with Crippen LogP contribution in [0.5, 0.6) is 0 Å². The van der Waals surface area contributed by atoms with Crippen molar-refractivity contribution in [2.24, 2.45) is 0 Å². The van der Waals surface area contributed by atoms with Crippen LogP contribution in [0.1, 0.15) is 19.4 Å². The van der Waals surface area contributed by atoms with E-state index in [9.17, 15) is 23.3 Å². The molecule has 0 atom stereocenters. The van der Waals surface area contributed by atoms with Gasteiger partial charge in [0.1, 0.15) is 5.69 Å². The maximum absolute atomic E-state index is 12.5. The van der Waals surface area contributed by atoms with Crippen LogP contribution >= 0.6 is 0 Å². The van der Waals surface area contributed by atoms with Gasteiger partial charge in [0, 0.05) is 18.7 Å². The molecule has 1 aromatic carbocycles. The van der Waals surface area contributed by atoms with E-state index in [0.717, 1.165) is 0 Å². The van der Waals surface area contributed by atoms with E-state index in [1.807, 2.05) is 0 Å². The Hall–Kier alpha value is -1.83. The molecule has 0 aliphatic rings. The molecule has 0 saturated heterocycles. The van der Waals surface area contributed by atoms with Crippen molar-refractivity contribution >= 4 is 11.4 Å². The maximum atomic E-state index is 12.5. The molecule has 0 aliphatic carbocycles. The van der Waals surface area contributed by atoms with E-state index in [1.54, 1.807) is 13.8 Å². The highest BCUT2D eigenvalue weighted by molar-refractivity contribution is 5.59. The zero-order valence-electron chi connectivity index (χ0n) is 11.1. The average Bonchev–Trinajstić information content (AvgIpc) is 2.25. The van der Waals surface area contributed by atoms with E-state index in [-0.39, 0.29) is 24.0 Å². The lowest BCUT2D eigenvalue weighted by atomic mass is 10.1. The minimum Gasteiger partial charge on any atom is -0.393 e. The van der Waals surface area contributed by atoms with Gasteiger partial charge in [0.05, 0.1) is 11.5 Å². The average molecular weight is 291 g/mol. The van der Waals surface area contributed by atoms with Crippen molar-refractivity contribution in [3.05, 3.63) is 33.9 Å². The highest BCUT2D eigenvalue weighted by Crippen LogP contribution is 2.24. The number of rotatable bonds is 5. The normalized spacial score (nSPS) is 12.2. The largest absolute Gasteiger partial charge is 0.401 e. The van der Waals surface area contributed by atoms with Crippen LogP contribution in [0, 0.1) is 10.1 Å². The fraction of sp³-hybridized carbons (Fsp3) is 0.500. The number of hydrogen-bond donors (Lipinski definition) is 1. The molecule has 0 heterocycles. The number of halogens is 3. The summed E-state index contributed by atoms with van der Waals surface area (Å²) < 4.78 is 37.4. The van der Waals surface area contributed by atoms with Gasteiger partial charge in [-0.15, -0.1) is 0 Å². The van der Waals surface area contributed by atoms with Gasteiger partial charge in [-0.3, -0.25) is 15.0 Å². The third-order valence-corrected chi connectivity index (χ3v) is 2.79. The minimum absolute atomic E-state index is 0.0272. The van der Waals surface area contributed by atoms with E-state index in [4.69, 9.17) is 5.73 Å². The topological polar surface area (TPSA) is 72.4 Å². The lowest BCUT2D eigenvalue weighted by molar-refractivity contribution is -0.383. The van der Waals surface area contributed by atoms with Crippen LogP contribution in [0.25, 0.3) is 0 Å². The Balaban J connectivity index is 2.89. The zero-order valence-corrected chi connectivity index (χ0v) is 11.1. The summed E-state index contributed by atoms with van der Waals surface area (Å²) in [6.45, 7) is 2.29. The molecule has 0 saturated carbocycles. The van der Waals surface area contributed by atoms with Crippen molar-refractivity contribution in [1.82, 2.24) is 4.90 Å². The molecule has 2 N–H and O–H groups in total. The summed E-state index contributed by atoms with van der Waals surface area (Å²) in [7, 11) is 0. The standard InChI is InChI=1S/C12H16F3N3O2/c1-8(2)17(7-12(13,14)15)6-9-3-4-11(18(19)20)10(16)5-9/h3-5,8H,6-7,16H2,1-2H3. The minimum atomic E-state index is -4.30. The zero-order chi connectivity index (χ0) is 15.5. The summed E-state index contributed by atoms with van der Waals surface area (Å²) in [5.74, 6) is 0. The van der Waals surface area contributed by atoms with Crippen molar-refractivity contribution in [2.45, 2.75) is 32.6 Å². The lowest BCUT2D eigenvalue weighted by Crippen LogP contribution is -2.38. The highest BCUT2D eigenvalue weighted by atomic mass is 19.4. The number of nitrogens with two attached hydrogens (primary N) is 1. The van der Waals surface area contributed by atoms with Gasteiger partial charge in [-0.1, -0.05) is 6.07 Å². The Labute approximate surface area is 114 Å². The third-order valence-electron chi connectivity index (χ3n) is 2.79. The summed E-state index contributed by atoms with van der Waals surface area (Å²) in [5.41, 5.74) is 5.72. The molecule has 0 fully saturated rings. The van der Waals surface area contributed by atoms with Gasteiger partial charge in [-0.05, 0) is 25.5 Å². The summed E-state index contributed by atoms with van der Waals surface area (Å²) in [5, 5.41) is 10.6. The van der Waals surface area contributed by atoms with Crippen molar-refractivity contribution in [2.75, 3.05) is 12.3 Å². The van der Waals surface area contributed by atoms with Crippen LogP contribution in [0.3, 0.4) is 0 Å². The first-order valence-electron chi connectivity index (χ1n) is 5.93. The van der Waals surface area contributed by atoms with Crippen molar-refractivity contribution in [3.63, 3.8) is 0 Å². The summed E-state index contributed by atoms with van der Waals surface area (Å²) in [6, 6.07) is 3.65. The predicted molar refractivity (Wildman–Crippen MR) is 69.1 cm³/mol. The van der Waals surface area contributed by atoms with Gasteiger partial charge in [0.2, 0.25) is 0 Å². The van der Waals surface area contributed by atoms with Gasteiger partial charge in [-0.25, -0.2) is 0 Å². The molecule has 0 aliphatic heterocycles. The van der Waals surface area contributed by atoms with E-state index >= 15 is 0 Å². The molecular weight excluding hydrogens is 275 g/mol. The fourth-order valence-electron chi connectivity index (χ4n) is 1.75. The number of alkyl halides is 3. The summed E-state index contributed by atoms with van der Waals surface area (Å²) >= 11 is 0. The molecule has 0 amide bonds. The quantitative estimate of drug-likeness (QED) is 0.514. The van der Waals surface area contributed by atoms with Crippen molar-refractivity contribution in [3.8, 4) is 0 Å². The molecular formula is C12H16F3N3O2. The first kappa shape index (κ1) is 16.2. The number of benzene rings is 1. The van der Waals surface area contributed by atoms with Gasteiger partial charge in [-0.2, -0.15) is 13.2 Å². The van der Waals surface area contributed by atoms with Gasteiger partial charge < -0.3 is 5.73 Å². The Morgan fingerprint density at radius 2 is 2.00 bits per heavy atom. The Morgan fingerprint density at radius 3 is 2.40 bits per heavy atom. The summed E-state index contributed by atoms with van der Waals surface area (Å²) in [6.07, 6.45) is -4.30. The lowest BCUT2D eigenvalue weighted by Gasteiger charge is -2.27. The number of nitro groups is 1. The van der Waals surface area contributed by atoms with Crippen LogP contribution < -0.4 is 5.73 Å². The van der Waals surface area contributed by atoms with E-state index < -0.39 is 17.6 Å². The van der Waals surface area contributed by atoms with Crippen LogP contribution in [0.15, 0.2) is 18.2 Å². The molecule has 0 radical (unpaired) electrons. The molecule has 1 aromatic rings. The number of nitrogen functional groups attached to an aromatic ring is 1. The summed E-state index contributed by atoms with van der Waals surface area (Å²) in [4.78, 5) is 11.2. The smallest absolute Gasteiger partial charge is 0.393 e. The molecule has 0 bridgehead atoms. The van der Waals surface area contributed by atoms with Crippen molar-refractivity contribution in [1.29, 1.82) is 0 Å². The first-order chi connectivity index (χ1) is 9.10. The van der Waals surface area contributed by atoms with Gasteiger partial charge in [0.25, 0.3) is 5.69 Å². The van der Waals surface area contributed by atoms with Gasteiger partial charge in [0.15, 0.2) is 0 Å². The number of nitro benzene ring substituents is 1. The first-order valence-corrected chi connectivity index (χ1v) is 5.93. The van der Waals surface area contributed by atoms with Gasteiger partial charge >= 0.3 is 6.18 Å². The Bertz CT molecular complexity index is 489. The molecule has 0 spiro atoms. The van der Waals surface area contributed by atoms with Crippen LogP contribution in [0.2, 0.25) is 0 Å². The maximum Gasteiger partial charge on any atom is 0.401 e. The van der Waals surface area contributed by atoms with Crippen molar-refractivity contribution < 1.29 is 18.1 Å². The molecule has 1 rings (SSSR count). The van der Waals surface area contributed by atoms with E-state index in [0.29, 0.717) is 5.56 Å². The SMILES string of the molecule is CC(C)N(Cc1ccc([N+](=O)[O-])c(N)c1)CC(F)(F)F. The molecule has 112 valence electrons. The third kappa shape index (κ3) is 4.69. The predicted octanol–water partition coefficient (Wildman–Crippen LogP) is 2.95. The molecule has 5 nitrogen and oxygen atoms in total. The molecule has 0 aromatic heterocycles. The van der Waals surface area contributed by atoms with E-state index in [1.165, 1.54) is 23.1 Å². The number of anilines is 1. The second kappa shape index (κ2) is 6.08. The second-order valence-corrected chi connectivity index (χ2v) is 4.76. The number of hydrogen-bond acceptors (Lipinski definition) is 4. The van der Waals surface area contributed by atoms with E-state index in [2.05, 4.69) is 0 Å². The Morgan fingerprint density at radius 1 is 1.40 bits per heavy atom. The fourth-order valence-corrected chi connectivity index (χ4v) is 1.75. The highest BCUT2D eigenvalue weighted by Gasteiger charge is 2.31. The Kier molecular flexibility index (Phi) is 4.93. The molecule has 0 unspecified atom stereocenters. The van der Waals surface area contributed by atoms with Crippen LogP contribution in [-0.4, -0.2) is 28.6 Å². The molecule has 8 heteroatoms. The van der Waals surface area contributed by atoms with Crippen LogP contribution in [-0.2, 0) is 6.54 Å².